The van der Waals surface area contributed by atoms with Gasteiger partial charge in [-0.05, 0) is 31.2 Å². The molecular weight excluding hydrogens is 244 g/mol. The zero-order valence-corrected chi connectivity index (χ0v) is 12.0. The van der Waals surface area contributed by atoms with Crippen LogP contribution in [0.15, 0.2) is 18.2 Å². The molecule has 3 nitrogen and oxygen atoms in total. The van der Waals surface area contributed by atoms with E-state index in [4.69, 9.17) is 10.5 Å². The summed E-state index contributed by atoms with van der Waals surface area (Å²) in [6, 6.07) is 5.75. The van der Waals surface area contributed by atoms with E-state index in [-0.39, 0.29) is 0 Å². The van der Waals surface area contributed by atoms with Gasteiger partial charge in [-0.2, -0.15) is 11.8 Å². The summed E-state index contributed by atoms with van der Waals surface area (Å²) in [5, 5.41) is 3.50. The number of ether oxygens (including phenoxy) is 1. The molecule has 100 valence electrons. The number of nitrogen functional groups attached to an aromatic ring is 1. The molecule has 0 atom stereocenters. The highest BCUT2D eigenvalue weighted by atomic mass is 32.2. The Morgan fingerprint density at radius 1 is 1.39 bits per heavy atom. The standard InChI is InChI=1S/C14H22N2OS/c1-17-11-5-6-12(15)13(9-11)16-10-14(18-2)7-3-4-8-14/h5-6,9,16H,3-4,7-8,10,15H2,1-2H3. The van der Waals surface area contributed by atoms with E-state index < -0.39 is 0 Å². The molecule has 1 aliphatic carbocycles. The maximum absolute atomic E-state index is 5.99. The van der Waals surface area contributed by atoms with Crippen molar-refractivity contribution in [1.82, 2.24) is 0 Å². The fourth-order valence-corrected chi connectivity index (χ4v) is 3.46. The van der Waals surface area contributed by atoms with Gasteiger partial charge in [-0.15, -0.1) is 0 Å². The van der Waals surface area contributed by atoms with Crippen LogP contribution in [0, 0.1) is 0 Å². The van der Waals surface area contributed by atoms with Crippen molar-refractivity contribution in [3.63, 3.8) is 0 Å². The van der Waals surface area contributed by atoms with Crippen LogP contribution in [0.4, 0.5) is 11.4 Å². The molecule has 4 heteroatoms. The molecule has 0 amide bonds. The first-order chi connectivity index (χ1) is 8.69. The lowest BCUT2D eigenvalue weighted by molar-refractivity contribution is 0.415. The number of nitrogens with two attached hydrogens (primary N) is 1. The fourth-order valence-electron chi connectivity index (χ4n) is 2.54. The van der Waals surface area contributed by atoms with E-state index >= 15 is 0 Å². The molecule has 0 heterocycles. The van der Waals surface area contributed by atoms with Crippen molar-refractivity contribution in [3.8, 4) is 5.75 Å². The van der Waals surface area contributed by atoms with E-state index in [1.165, 1.54) is 25.7 Å². The lowest BCUT2D eigenvalue weighted by Gasteiger charge is -2.28. The zero-order chi connectivity index (χ0) is 13.0. The molecule has 0 aromatic heterocycles. The van der Waals surface area contributed by atoms with E-state index in [0.717, 1.165) is 23.7 Å². The number of methoxy groups -OCH3 is 1. The predicted octanol–water partition coefficient (Wildman–Crippen LogP) is 3.37. The molecule has 1 fully saturated rings. The Labute approximate surface area is 113 Å². The van der Waals surface area contributed by atoms with Crippen molar-refractivity contribution in [2.24, 2.45) is 0 Å². The van der Waals surface area contributed by atoms with Gasteiger partial charge in [0.1, 0.15) is 5.75 Å². The monoisotopic (exact) mass is 266 g/mol. The second-order valence-corrected chi connectivity index (χ2v) is 6.18. The van der Waals surface area contributed by atoms with Gasteiger partial charge in [-0.25, -0.2) is 0 Å². The molecule has 1 aromatic carbocycles. The molecule has 0 spiro atoms. The number of nitrogens with one attached hydrogen (secondary N) is 1. The molecule has 3 N–H and O–H groups in total. The van der Waals surface area contributed by atoms with Gasteiger partial charge in [0.25, 0.3) is 0 Å². The van der Waals surface area contributed by atoms with Crippen molar-refractivity contribution < 1.29 is 4.74 Å². The van der Waals surface area contributed by atoms with Gasteiger partial charge in [0, 0.05) is 17.4 Å². The highest BCUT2D eigenvalue weighted by Gasteiger charge is 2.32. The average Bonchev–Trinajstić information content (AvgIpc) is 2.87. The molecule has 18 heavy (non-hydrogen) atoms. The summed E-state index contributed by atoms with van der Waals surface area (Å²) in [7, 11) is 1.68. The molecule has 1 saturated carbocycles. The smallest absolute Gasteiger partial charge is 0.121 e. The first-order valence-corrected chi connectivity index (χ1v) is 7.64. The largest absolute Gasteiger partial charge is 0.497 e. The van der Waals surface area contributed by atoms with Gasteiger partial charge in [-0.3, -0.25) is 0 Å². The van der Waals surface area contributed by atoms with E-state index in [2.05, 4.69) is 11.6 Å². The number of anilines is 2. The van der Waals surface area contributed by atoms with Crippen LogP contribution in [0.25, 0.3) is 0 Å². The number of hydrogen-bond donors (Lipinski definition) is 2. The van der Waals surface area contributed by atoms with E-state index in [1.54, 1.807) is 7.11 Å². The number of hydrogen-bond acceptors (Lipinski definition) is 4. The third-order valence-corrected chi connectivity index (χ3v) is 5.23. The van der Waals surface area contributed by atoms with Crippen molar-refractivity contribution >= 4 is 23.1 Å². The summed E-state index contributed by atoms with van der Waals surface area (Å²) in [5.74, 6) is 0.844. The molecular formula is C14H22N2OS. The van der Waals surface area contributed by atoms with Gasteiger partial charge < -0.3 is 15.8 Å². The summed E-state index contributed by atoms with van der Waals surface area (Å²) in [5.41, 5.74) is 7.75. The van der Waals surface area contributed by atoms with E-state index in [0.29, 0.717) is 4.75 Å². The highest BCUT2D eigenvalue weighted by molar-refractivity contribution is 8.00. The Kier molecular flexibility index (Phi) is 4.27. The normalized spacial score (nSPS) is 17.7. The Balaban J connectivity index is 2.05. The Bertz CT molecular complexity index is 403. The fraction of sp³-hybridized carbons (Fsp3) is 0.571. The molecule has 1 aliphatic rings. The second kappa shape index (κ2) is 5.74. The van der Waals surface area contributed by atoms with Crippen LogP contribution in [0.3, 0.4) is 0 Å². The summed E-state index contributed by atoms with van der Waals surface area (Å²) >= 11 is 1.98. The summed E-state index contributed by atoms with van der Waals surface area (Å²) < 4.78 is 5.62. The Hall–Kier alpha value is -1.03. The van der Waals surface area contributed by atoms with Crippen molar-refractivity contribution in [2.45, 2.75) is 30.4 Å². The predicted molar refractivity (Wildman–Crippen MR) is 80.6 cm³/mol. The minimum absolute atomic E-state index is 0.384. The molecule has 0 bridgehead atoms. The third kappa shape index (κ3) is 2.86. The minimum Gasteiger partial charge on any atom is -0.497 e. The van der Waals surface area contributed by atoms with Crippen molar-refractivity contribution in [2.75, 3.05) is 31.0 Å². The SMILES string of the molecule is COc1ccc(N)c(NCC2(SC)CCCC2)c1. The van der Waals surface area contributed by atoms with Crippen molar-refractivity contribution in [3.05, 3.63) is 18.2 Å². The molecule has 0 unspecified atom stereocenters. The Morgan fingerprint density at radius 3 is 2.72 bits per heavy atom. The quantitative estimate of drug-likeness (QED) is 0.802. The third-order valence-electron chi connectivity index (χ3n) is 3.81. The summed E-state index contributed by atoms with van der Waals surface area (Å²) in [6.45, 7) is 0.978. The Morgan fingerprint density at radius 2 is 2.11 bits per heavy atom. The van der Waals surface area contributed by atoms with Crippen LogP contribution in [0.5, 0.6) is 5.75 Å². The van der Waals surface area contributed by atoms with Crippen LogP contribution in [0.1, 0.15) is 25.7 Å². The lowest BCUT2D eigenvalue weighted by Crippen LogP contribution is -2.30. The maximum atomic E-state index is 5.99. The van der Waals surface area contributed by atoms with Crippen LogP contribution in [0.2, 0.25) is 0 Å². The molecule has 0 saturated heterocycles. The number of rotatable bonds is 5. The molecule has 1 aromatic rings. The van der Waals surface area contributed by atoms with Gasteiger partial charge in [0.05, 0.1) is 18.5 Å². The molecule has 2 rings (SSSR count). The first kappa shape index (κ1) is 13.4. The van der Waals surface area contributed by atoms with Crippen LogP contribution in [-0.2, 0) is 0 Å². The van der Waals surface area contributed by atoms with Gasteiger partial charge in [0.15, 0.2) is 0 Å². The summed E-state index contributed by atoms with van der Waals surface area (Å²) in [4.78, 5) is 0. The maximum Gasteiger partial charge on any atom is 0.121 e. The van der Waals surface area contributed by atoms with Crippen LogP contribution in [-0.4, -0.2) is 24.7 Å². The zero-order valence-electron chi connectivity index (χ0n) is 11.2. The van der Waals surface area contributed by atoms with E-state index in [1.807, 2.05) is 30.0 Å². The number of thioether (sulfide) groups is 1. The van der Waals surface area contributed by atoms with Crippen LogP contribution >= 0.6 is 11.8 Å². The second-order valence-electron chi connectivity index (χ2n) is 4.90. The van der Waals surface area contributed by atoms with Gasteiger partial charge in [-0.1, -0.05) is 12.8 Å². The van der Waals surface area contributed by atoms with E-state index in [9.17, 15) is 0 Å². The summed E-state index contributed by atoms with van der Waals surface area (Å²) in [6.07, 6.45) is 7.49. The molecule has 0 aliphatic heterocycles. The number of benzene rings is 1. The van der Waals surface area contributed by atoms with Gasteiger partial charge >= 0.3 is 0 Å². The first-order valence-electron chi connectivity index (χ1n) is 6.42. The average molecular weight is 266 g/mol. The van der Waals surface area contributed by atoms with Crippen LogP contribution < -0.4 is 15.8 Å². The van der Waals surface area contributed by atoms with Crippen molar-refractivity contribution in [1.29, 1.82) is 0 Å². The molecule has 0 radical (unpaired) electrons. The highest BCUT2D eigenvalue weighted by Crippen LogP contribution is 2.40. The van der Waals surface area contributed by atoms with Gasteiger partial charge in [0.2, 0.25) is 0 Å². The topological polar surface area (TPSA) is 47.3 Å². The lowest BCUT2D eigenvalue weighted by atomic mass is 10.1. The minimum atomic E-state index is 0.384.